The van der Waals surface area contributed by atoms with Crippen molar-refractivity contribution in [3.8, 4) is 0 Å². The van der Waals surface area contributed by atoms with Crippen LogP contribution < -0.4 is 11.1 Å². The van der Waals surface area contributed by atoms with Gasteiger partial charge >= 0.3 is 148 Å². The Kier molecular flexibility index (Phi) is 8.14. The molecule has 1 aromatic heterocycles. The summed E-state index contributed by atoms with van der Waals surface area (Å²) in [6.45, 7) is 7.54. The SMILES string of the molecule is [B]C([CH]=[W])=Cc1[c-][nH]c(Cl)c(N)c1=NCC1CCN(C(=O)OC(C)(C)C)CC1. The summed E-state index contributed by atoms with van der Waals surface area (Å²) in [6.07, 6.45) is 6.22. The normalized spacial score (nSPS) is 16.9. The molecule has 0 unspecified atom stereocenters. The van der Waals surface area contributed by atoms with Crippen LogP contribution in [0, 0.1) is 12.1 Å². The number of pyridine rings is 1. The van der Waals surface area contributed by atoms with E-state index in [4.69, 9.17) is 34.9 Å². The number of nitrogens with one attached hydrogen (secondary N) is 1. The first-order valence-corrected chi connectivity index (χ1v) is 11.2. The molecule has 3 N–H and O–H groups in total. The molecular formula is C19H25BClN4O2W-. The van der Waals surface area contributed by atoms with Gasteiger partial charge < -0.3 is 4.74 Å². The van der Waals surface area contributed by atoms with Crippen molar-refractivity contribution < 1.29 is 28.9 Å². The Morgan fingerprint density at radius 2 is 2.14 bits per heavy atom. The number of aromatic amines is 1. The quantitative estimate of drug-likeness (QED) is 0.331. The first-order chi connectivity index (χ1) is 13.1. The molecule has 150 valence electrons. The summed E-state index contributed by atoms with van der Waals surface area (Å²) in [5.74, 6) is 0.359. The van der Waals surface area contributed by atoms with Gasteiger partial charge in [-0.1, -0.05) is 0 Å². The van der Waals surface area contributed by atoms with Gasteiger partial charge in [0.05, 0.1) is 0 Å². The van der Waals surface area contributed by atoms with Crippen molar-refractivity contribution >= 4 is 41.7 Å². The number of nitrogens with zero attached hydrogens (tertiary/aromatic N) is 2. The third kappa shape index (κ3) is 6.63. The number of rotatable bonds is 4. The Bertz CT molecular complexity index is 824. The van der Waals surface area contributed by atoms with Crippen molar-refractivity contribution in [2.45, 2.75) is 39.2 Å². The first kappa shape index (κ1) is 23.0. The van der Waals surface area contributed by atoms with Crippen molar-refractivity contribution in [3.63, 3.8) is 0 Å². The molecule has 2 radical (unpaired) electrons. The second kappa shape index (κ2) is 9.93. The summed E-state index contributed by atoms with van der Waals surface area (Å²) in [5.41, 5.74) is 7.33. The van der Waals surface area contributed by atoms with E-state index in [0.717, 1.165) is 12.8 Å². The van der Waals surface area contributed by atoms with Crippen LogP contribution in [0.2, 0.25) is 5.15 Å². The zero-order valence-corrected chi connectivity index (χ0v) is 20.1. The fourth-order valence-electron chi connectivity index (χ4n) is 2.82. The number of H-pyrrole nitrogens is 1. The van der Waals surface area contributed by atoms with E-state index in [1.54, 1.807) is 11.0 Å². The average Bonchev–Trinajstić information content (AvgIpc) is 2.63. The second-order valence-electron chi connectivity index (χ2n) is 7.75. The number of likely N-dealkylation sites (tertiary alicyclic amines) is 1. The van der Waals surface area contributed by atoms with Gasteiger partial charge in [-0.2, -0.15) is 0 Å². The van der Waals surface area contributed by atoms with Crippen LogP contribution in [-0.4, -0.2) is 53.5 Å². The van der Waals surface area contributed by atoms with Gasteiger partial charge in [0.2, 0.25) is 0 Å². The van der Waals surface area contributed by atoms with Crippen molar-refractivity contribution in [2.24, 2.45) is 10.9 Å². The molecule has 0 atom stereocenters. The maximum atomic E-state index is 12.2. The standard InChI is InChI=1S/C19H25BClN4O2.W/c1-12(20)9-14-11-24-17(21)15(22)16(14)23-10-13-5-7-25(8-6-13)18(26)27-19(2,3)4;/h1,9,13H,5-8,10,22H2,2-4H3,(H,23,24);/q-1;. The van der Waals surface area contributed by atoms with Gasteiger partial charge in [-0.15, -0.1) is 0 Å². The summed E-state index contributed by atoms with van der Waals surface area (Å²) in [5, 5.41) is 0.901. The molecule has 1 aliphatic heterocycles. The van der Waals surface area contributed by atoms with Crippen LogP contribution >= 0.6 is 11.6 Å². The number of anilines is 1. The van der Waals surface area contributed by atoms with E-state index in [1.807, 2.05) is 25.2 Å². The third-order valence-corrected chi connectivity index (χ3v) is 5.55. The Labute approximate surface area is 183 Å². The molecular weight excluding hydrogens is 546 g/mol. The van der Waals surface area contributed by atoms with Gasteiger partial charge in [0, 0.05) is 0 Å². The molecule has 1 fully saturated rings. The Hall–Kier alpha value is -1.33. The zero-order chi connectivity index (χ0) is 20.9. The van der Waals surface area contributed by atoms with Crippen LogP contribution in [0.5, 0.6) is 0 Å². The molecule has 1 aromatic rings. The van der Waals surface area contributed by atoms with Gasteiger partial charge in [0.15, 0.2) is 0 Å². The molecule has 0 saturated carbocycles. The monoisotopic (exact) mass is 571 g/mol. The number of nitrogen functional groups attached to an aromatic ring is 1. The van der Waals surface area contributed by atoms with E-state index in [0.29, 0.717) is 52.8 Å². The molecule has 0 spiro atoms. The van der Waals surface area contributed by atoms with Crippen molar-refractivity contribution in [1.29, 1.82) is 0 Å². The van der Waals surface area contributed by atoms with E-state index in [9.17, 15) is 4.79 Å². The summed E-state index contributed by atoms with van der Waals surface area (Å²) in [6, 6.07) is 0. The number of aromatic nitrogens is 1. The molecule has 6 nitrogen and oxygen atoms in total. The Balaban J connectivity index is 2.08. The van der Waals surface area contributed by atoms with E-state index in [-0.39, 0.29) is 6.09 Å². The number of carbonyl (C=O) groups is 1. The predicted molar refractivity (Wildman–Crippen MR) is 110 cm³/mol. The van der Waals surface area contributed by atoms with Gasteiger partial charge in [-0.3, -0.25) is 0 Å². The van der Waals surface area contributed by atoms with Gasteiger partial charge in [0.25, 0.3) is 0 Å². The van der Waals surface area contributed by atoms with Crippen molar-refractivity contribution in [1.82, 2.24) is 9.88 Å². The zero-order valence-electron chi connectivity index (χ0n) is 16.4. The summed E-state index contributed by atoms with van der Waals surface area (Å²) in [7, 11) is 5.92. The minimum absolute atomic E-state index is 0.257. The van der Waals surface area contributed by atoms with Gasteiger partial charge in [-0.05, 0) is 20.8 Å². The van der Waals surface area contributed by atoms with Gasteiger partial charge in [-0.25, -0.2) is 4.79 Å². The fraction of sp³-hybridized carbons (Fsp3) is 0.526. The molecule has 0 aliphatic carbocycles. The Morgan fingerprint density at radius 3 is 2.71 bits per heavy atom. The molecule has 1 saturated heterocycles. The number of amides is 1. The van der Waals surface area contributed by atoms with Crippen LogP contribution in [0.25, 0.3) is 6.08 Å². The molecule has 1 amide bonds. The number of carbonyl (C=O) groups excluding carboxylic acids is 1. The minimum atomic E-state index is -0.482. The molecule has 2 rings (SSSR count). The third-order valence-electron chi connectivity index (χ3n) is 4.27. The van der Waals surface area contributed by atoms with Crippen molar-refractivity contribution in [3.05, 3.63) is 27.7 Å². The molecule has 28 heavy (non-hydrogen) atoms. The van der Waals surface area contributed by atoms with Crippen molar-refractivity contribution in [2.75, 3.05) is 25.4 Å². The number of piperidine rings is 1. The maximum absolute atomic E-state index is 12.2. The number of allylic oxidation sites excluding steroid dienone is 1. The number of hydrogen-bond donors (Lipinski definition) is 2. The molecule has 9 heteroatoms. The van der Waals surface area contributed by atoms with E-state index >= 15 is 0 Å². The van der Waals surface area contributed by atoms with Crippen LogP contribution in [0.3, 0.4) is 0 Å². The number of ether oxygens (including phenoxy) is 1. The first-order valence-electron chi connectivity index (χ1n) is 9.10. The summed E-state index contributed by atoms with van der Waals surface area (Å²) in [4.78, 5) is 21.4. The van der Waals surface area contributed by atoms with Crippen LogP contribution in [0.15, 0.2) is 10.5 Å². The molecule has 1 aliphatic rings. The van der Waals surface area contributed by atoms with E-state index in [1.165, 1.54) is 19.4 Å². The number of hydrogen-bond acceptors (Lipinski definition) is 4. The average molecular weight is 572 g/mol. The van der Waals surface area contributed by atoms with E-state index < -0.39 is 5.60 Å². The number of halogens is 1. The molecule has 0 aromatic carbocycles. The molecule has 0 bridgehead atoms. The summed E-state index contributed by atoms with van der Waals surface area (Å²) < 4.78 is 7.31. The van der Waals surface area contributed by atoms with Crippen LogP contribution in [-0.2, 0) is 24.1 Å². The second-order valence-corrected chi connectivity index (χ2v) is 8.98. The summed E-state index contributed by atoms with van der Waals surface area (Å²) >= 11 is 7.35. The number of nitrogens with two attached hydrogens (primary N) is 1. The van der Waals surface area contributed by atoms with Gasteiger partial charge in [0.1, 0.15) is 5.60 Å². The van der Waals surface area contributed by atoms with Crippen LogP contribution in [0.4, 0.5) is 10.5 Å². The van der Waals surface area contributed by atoms with E-state index in [2.05, 4.69) is 11.2 Å². The fourth-order valence-corrected chi connectivity index (χ4v) is 3.20. The Morgan fingerprint density at radius 1 is 1.50 bits per heavy atom. The topological polar surface area (TPSA) is 83.7 Å². The molecule has 2 heterocycles. The van der Waals surface area contributed by atoms with Crippen LogP contribution in [0.1, 0.15) is 39.2 Å². The predicted octanol–water partition coefficient (Wildman–Crippen LogP) is 2.46.